The van der Waals surface area contributed by atoms with Gasteiger partial charge in [0.25, 0.3) is 0 Å². The predicted molar refractivity (Wildman–Crippen MR) is 103 cm³/mol. The topological polar surface area (TPSA) is 9.23 Å². The Kier molecular flexibility index (Phi) is 6.38. The molecule has 0 amide bonds. The van der Waals surface area contributed by atoms with E-state index >= 15 is 0 Å². The van der Waals surface area contributed by atoms with E-state index in [1.54, 1.807) is 6.07 Å². The fourth-order valence-electron chi connectivity index (χ4n) is 3.67. The van der Waals surface area contributed by atoms with Crippen LogP contribution in [0.4, 0.5) is 13.2 Å². The van der Waals surface area contributed by atoms with Gasteiger partial charge >= 0.3 is 0 Å². The summed E-state index contributed by atoms with van der Waals surface area (Å²) >= 11 is 0. The van der Waals surface area contributed by atoms with Gasteiger partial charge in [-0.15, -0.1) is 0 Å². The molecule has 1 heterocycles. The van der Waals surface area contributed by atoms with Gasteiger partial charge in [0, 0.05) is 16.7 Å². The lowest BCUT2D eigenvalue weighted by atomic mass is 9.90. The molecule has 0 aromatic heterocycles. The fraction of sp³-hybridized carbons (Fsp3) is 0.391. The molecule has 2 aromatic rings. The van der Waals surface area contributed by atoms with Gasteiger partial charge in [0.15, 0.2) is 11.6 Å². The van der Waals surface area contributed by atoms with Crippen molar-refractivity contribution in [3.8, 4) is 11.1 Å². The zero-order chi connectivity index (χ0) is 19.4. The second-order valence-corrected chi connectivity index (χ2v) is 7.18. The van der Waals surface area contributed by atoms with Crippen LogP contribution in [0.5, 0.6) is 0 Å². The highest BCUT2D eigenvalue weighted by atomic mass is 19.2. The van der Waals surface area contributed by atoms with Crippen molar-refractivity contribution in [2.45, 2.75) is 45.1 Å². The molecular weight excluding hydrogens is 349 g/mol. The molecule has 1 aliphatic heterocycles. The molecular formula is C23H25F3O. The summed E-state index contributed by atoms with van der Waals surface area (Å²) in [7, 11) is 0. The lowest BCUT2D eigenvalue weighted by molar-refractivity contribution is -0.0217. The van der Waals surface area contributed by atoms with Gasteiger partial charge in [-0.2, -0.15) is 0 Å². The molecule has 0 aliphatic carbocycles. The Bertz CT molecular complexity index is 808. The normalized spacial score (nSPS) is 19.9. The highest BCUT2D eigenvalue weighted by molar-refractivity contribution is 5.67. The van der Waals surface area contributed by atoms with Crippen molar-refractivity contribution in [1.82, 2.24) is 0 Å². The number of hydrogen-bond donors (Lipinski definition) is 0. The van der Waals surface area contributed by atoms with E-state index in [1.807, 2.05) is 0 Å². The fourth-order valence-corrected chi connectivity index (χ4v) is 3.67. The van der Waals surface area contributed by atoms with Crippen molar-refractivity contribution in [2.24, 2.45) is 5.92 Å². The highest BCUT2D eigenvalue weighted by Crippen LogP contribution is 2.37. The summed E-state index contributed by atoms with van der Waals surface area (Å²) in [4.78, 5) is 0. The average molecular weight is 374 g/mol. The van der Waals surface area contributed by atoms with Crippen LogP contribution in [0.3, 0.4) is 0 Å². The number of ether oxygens (including phenoxy) is 1. The zero-order valence-electron chi connectivity index (χ0n) is 15.6. The molecule has 2 aromatic carbocycles. The van der Waals surface area contributed by atoms with Crippen LogP contribution in [0.1, 0.15) is 56.3 Å². The first-order valence-electron chi connectivity index (χ1n) is 9.57. The monoisotopic (exact) mass is 374 g/mol. The largest absolute Gasteiger partial charge is 0.373 e. The van der Waals surface area contributed by atoms with Crippen molar-refractivity contribution in [2.75, 3.05) is 6.61 Å². The third-order valence-electron chi connectivity index (χ3n) is 5.31. The lowest BCUT2D eigenvalue weighted by Gasteiger charge is -2.29. The molecule has 1 nitrogen and oxygen atoms in total. The third-order valence-corrected chi connectivity index (χ3v) is 5.31. The summed E-state index contributed by atoms with van der Waals surface area (Å²) in [5.41, 5.74) is 0.754. The van der Waals surface area contributed by atoms with E-state index in [4.69, 9.17) is 4.74 Å². The molecule has 2 unspecified atom stereocenters. The Morgan fingerprint density at radius 3 is 2.48 bits per heavy atom. The number of benzene rings is 2. The molecule has 2 atom stereocenters. The van der Waals surface area contributed by atoms with Gasteiger partial charge < -0.3 is 4.74 Å². The first-order valence-corrected chi connectivity index (χ1v) is 9.57. The molecule has 4 heteroatoms. The smallest absolute Gasteiger partial charge is 0.167 e. The van der Waals surface area contributed by atoms with E-state index in [9.17, 15) is 13.2 Å². The van der Waals surface area contributed by atoms with E-state index in [0.29, 0.717) is 24.5 Å². The van der Waals surface area contributed by atoms with Gasteiger partial charge in [-0.05, 0) is 36.8 Å². The van der Waals surface area contributed by atoms with Crippen LogP contribution in [-0.4, -0.2) is 6.61 Å². The molecule has 1 fully saturated rings. The molecule has 1 aliphatic rings. The summed E-state index contributed by atoms with van der Waals surface area (Å²) in [5.74, 6) is -2.09. The summed E-state index contributed by atoms with van der Waals surface area (Å²) in [5, 5.41) is 0. The Hall–Kier alpha value is -2.07. The second kappa shape index (κ2) is 8.75. The van der Waals surface area contributed by atoms with Crippen molar-refractivity contribution < 1.29 is 17.9 Å². The minimum Gasteiger partial charge on any atom is -0.373 e. The van der Waals surface area contributed by atoms with Crippen molar-refractivity contribution in [3.05, 3.63) is 65.5 Å². The van der Waals surface area contributed by atoms with Crippen LogP contribution < -0.4 is 0 Å². The molecule has 3 rings (SSSR count). The Morgan fingerprint density at radius 2 is 1.85 bits per heavy atom. The van der Waals surface area contributed by atoms with Crippen LogP contribution in [0.25, 0.3) is 17.2 Å². The van der Waals surface area contributed by atoms with Crippen molar-refractivity contribution in [3.63, 3.8) is 0 Å². The van der Waals surface area contributed by atoms with Crippen LogP contribution in [-0.2, 0) is 4.74 Å². The van der Waals surface area contributed by atoms with E-state index in [2.05, 4.69) is 13.5 Å². The molecule has 1 saturated heterocycles. The summed E-state index contributed by atoms with van der Waals surface area (Å²) in [6.45, 7) is 6.30. The lowest BCUT2D eigenvalue weighted by Crippen LogP contribution is -2.21. The summed E-state index contributed by atoms with van der Waals surface area (Å²) in [6.07, 6.45) is 6.09. The summed E-state index contributed by atoms with van der Waals surface area (Å²) < 4.78 is 49.5. The van der Waals surface area contributed by atoms with Gasteiger partial charge in [-0.3, -0.25) is 0 Å². The molecule has 0 bridgehead atoms. The quantitative estimate of drug-likeness (QED) is 0.525. The number of unbranched alkanes of at least 4 members (excludes halogenated alkanes) is 1. The minimum atomic E-state index is -1.03. The van der Waals surface area contributed by atoms with Gasteiger partial charge in [0.05, 0.1) is 12.7 Å². The van der Waals surface area contributed by atoms with Crippen LogP contribution in [0.2, 0.25) is 0 Å². The predicted octanol–water partition coefficient (Wildman–Crippen LogP) is 7.07. The van der Waals surface area contributed by atoms with E-state index < -0.39 is 23.6 Å². The van der Waals surface area contributed by atoms with Gasteiger partial charge in [0.2, 0.25) is 0 Å². The van der Waals surface area contributed by atoms with Gasteiger partial charge in [-0.25, -0.2) is 13.2 Å². The number of halogens is 3. The van der Waals surface area contributed by atoms with Crippen molar-refractivity contribution >= 4 is 6.08 Å². The maximum absolute atomic E-state index is 14.7. The first-order chi connectivity index (χ1) is 13.0. The average Bonchev–Trinajstić information content (AvgIpc) is 2.69. The molecule has 144 valence electrons. The van der Waals surface area contributed by atoms with E-state index in [0.717, 1.165) is 25.7 Å². The van der Waals surface area contributed by atoms with E-state index in [1.165, 1.54) is 30.3 Å². The van der Waals surface area contributed by atoms with Crippen LogP contribution in [0, 0.1) is 23.4 Å². The molecule has 0 saturated carbocycles. The maximum Gasteiger partial charge on any atom is 0.167 e. The second-order valence-electron chi connectivity index (χ2n) is 7.18. The molecule has 0 N–H and O–H groups in total. The maximum atomic E-state index is 14.7. The van der Waals surface area contributed by atoms with Crippen LogP contribution >= 0.6 is 0 Å². The minimum absolute atomic E-state index is 0.0349. The summed E-state index contributed by atoms with van der Waals surface area (Å²) in [6, 6.07) is 7.28. The Balaban J connectivity index is 1.81. The van der Waals surface area contributed by atoms with Gasteiger partial charge in [-0.1, -0.05) is 56.7 Å². The van der Waals surface area contributed by atoms with Crippen molar-refractivity contribution in [1.29, 1.82) is 0 Å². The Morgan fingerprint density at radius 1 is 1.07 bits per heavy atom. The Labute approximate surface area is 158 Å². The van der Waals surface area contributed by atoms with Crippen LogP contribution in [0.15, 0.2) is 36.9 Å². The SMILES string of the molecule is C=Cc1ccc(-c2ccc(C3CCC(CCCC)CO3)c(F)c2F)c(F)c1. The molecule has 0 spiro atoms. The van der Waals surface area contributed by atoms with E-state index in [-0.39, 0.29) is 16.7 Å². The molecule has 0 radical (unpaired) electrons. The standard InChI is InChI=1S/C23H25F3O/c1-3-5-6-16-8-12-21(27-14-16)19-11-10-18(22(25)23(19)26)17-9-7-15(4-2)13-20(17)24/h4,7,9-11,13,16,21H,2-3,5-6,8,12,14H2,1H3. The number of rotatable bonds is 6. The van der Waals surface area contributed by atoms with Gasteiger partial charge in [0.1, 0.15) is 5.82 Å². The molecule has 27 heavy (non-hydrogen) atoms. The zero-order valence-corrected chi connectivity index (χ0v) is 15.6. The number of hydrogen-bond acceptors (Lipinski definition) is 1. The third kappa shape index (κ3) is 4.27. The highest BCUT2D eigenvalue weighted by Gasteiger charge is 2.27. The first kappa shape index (κ1) is 19.7.